The first-order valence-electron chi connectivity index (χ1n) is 5.84. The first kappa shape index (κ1) is 12.8. The number of carboxylic acids is 1. The van der Waals surface area contributed by atoms with Gasteiger partial charge in [0.05, 0.1) is 6.54 Å². The molecule has 1 unspecified atom stereocenters. The van der Waals surface area contributed by atoms with E-state index in [-0.39, 0.29) is 6.03 Å². The predicted molar refractivity (Wildman–Crippen MR) is 66.3 cm³/mol. The number of urea groups is 1. The Kier molecular flexibility index (Phi) is 4.14. The quantitative estimate of drug-likeness (QED) is 0.866. The first-order valence-corrected chi connectivity index (χ1v) is 6.72. The maximum atomic E-state index is 11.9. The number of piperidine rings is 1. The number of aliphatic carboxylic acids is 1. The van der Waals surface area contributed by atoms with Gasteiger partial charge in [-0.1, -0.05) is 0 Å². The Hall–Kier alpha value is -1.63. The molecule has 0 spiro atoms. The normalized spacial score (nSPS) is 19.6. The summed E-state index contributed by atoms with van der Waals surface area (Å²) in [5.41, 5.74) is 0. The van der Waals surface area contributed by atoms with Crippen LogP contribution in [0.2, 0.25) is 0 Å². The van der Waals surface area contributed by atoms with Crippen LogP contribution in [0.15, 0.2) is 11.6 Å². The third kappa shape index (κ3) is 2.98. The number of nitrogens with zero attached hydrogens (tertiary/aromatic N) is 2. The number of nitrogens with one attached hydrogen (secondary N) is 1. The van der Waals surface area contributed by atoms with Crippen LogP contribution in [-0.2, 0) is 11.3 Å². The van der Waals surface area contributed by atoms with Gasteiger partial charge < -0.3 is 15.3 Å². The highest BCUT2D eigenvalue weighted by molar-refractivity contribution is 7.09. The molecule has 0 saturated carbocycles. The standard InChI is InChI=1S/C11H15N3O3S/c15-10(16)8-3-1-2-5-14(8)11(17)13-7-9-12-4-6-18-9/h4,6,8H,1-3,5,7H2,(H,13,17)(H,15,16). The molecule has 2 heterocycles. The smallest absolute Gasteiger partial charge is 0.326 e. The number of likely N-dealkylation sites (tertiary alicyclic amines) is 1. The van der Waals surface area contributed by atoms with Crippen LogP contribution < -0.4 is 5.32 Å². The fourth-order valence-corrected chi connectivity index (χ4v) is 2.58. The average molecular weight is 269 g/mol. The zero-order valence-corrected chi connectivity index (χ0v) is 10.7. The number of hydrogen-bond donors (Lipinski definition) is 2. The predicted octanol–water partition coefficient (Wildman–Crippen LogP) is 1.29. The van der Waals surface area contributed by atoms with E-state index in [9.17, 15) is 9.59 Å². The van der Waals surface area contributed by atoms with Crippen LogP contribution in [0.3, 0.4) is 0 Å². The molecule has 7 heteroatoms. The Bertz CT molecular complexity index is 421. The van der Waals surface area contributed by atoms with E-state index in [2.05, 4.69) is 10.3 Å². The van der Waals surface area contributed by atoms with E-state index in [1.165, 1.54) is 16.2 Å². The molecule has 1 aromatic rings. The lowest BCUT2D eigenvalue weighted by Gasteiger charge is -2.32. The van der Waals surface area contributed by atoms with Crippen molar-refractivity contribution in [3.05, 3.63) is 16.6 Å². The van der Waals surface area contributed by atoms with Gasteiger partial charge in [-0.2, -0.15) is 0 Å². The van der Waals surface area contributed by atoms with E-state index in [4.69, 9.17) is 5.11 Å². The number of carboxylic acid groups (broad SMARTS) is 1. The molecule has 1 fully saturated rings. The van der Waals surface area contributed by atoms with E-state index in [0.717, 1.165) is 17.8 Å². The van der Waals surface area contributed by atoms with Crippen molar-refractivity contribution >= 4 is 23.3 Å². The van der Waals surface area contributed by atoms with Gasteiger partial charge >= 0.3 is 12.0 Å². The Morgan fingerprint density at radius 2 is 2.39 bits per heavy atom. The number of thiazole rings is 1. The Morgan fingerprint density at radius 3 is 3.06 bits per heavy atom. The van der Waals surface area contributed by atoms with Gasteiger partial charge in [-0.15, -0.1) is 11.3 Å². The van der Waals surface area contributed by atoms with Crippen molar-refractivity contribution in [2.24, 2.45) is 0 Å². The van der Waals surface area contributed by atoms with Crippen LogP contribution in [0.25, 0.3) is 0 Å². The molecule has 1 aromatic heterocycles. The molecule has 18 heavy (non-hydrogen) atoms. The zero-order chi connectivity index (χ0) is 13.0. The molecule has 0 aromatic carbocycles. The molecule has 2 rings (SSSR count). The van der Waals surface area contributed by atoms with Gasteiger partial charge in [0.1, 0.15) is 11.0 Å². The summed E-state index contributed by atoms with van der Waals surface area (Å²) in [4.78, 5) is 28.5. The maximum Gasteiger partial charge on any atom is 0.326 e. The summed E-state index contributed by atoms with van der Waals surface area (Å²) in [5, 5.41) is 14.4. The molecule has 1 atom stereocenters. The lowest BCUT2D eigenvalue weighted by atomic mass is 10.0. The lowest BCUT2D eigenvalue weighted by Crippen LogP contribution is -2.51. The van der Waals surface area contributed by atoms with Crippen molar-refractivity contribution in [1.29, 1.82) is 0 Å². The molecular formula is C11H15N3O3S. The van der Waals surface area contributed by atoms with E-state index >= 15 is 0 Å². The molecule has 2 N–H and O–H groups in total. The third-order valence-corrected chi connectivity index (χ3v) is 3.70. The number of aromatic nitrogens is 1. The second-order valence-corrected chi connectivity index (χ2v) is 5.11. The minimum Gasteiger partial charge on any atom is -0.480 e. The van der Waals surface area contributed by atoms with Gasteiger partial charge in [0.25, 0.3) is 0 Å². The molecule has 0 aliphatic carbocycles. The summed E-state index contributed by atoms with van der Waals surface area (Å²) in [6, 6.07) is -1.02. The van der Waals surface area contributed by atoms with E-state index in [1.54, 1.807) is 6.20 Å². The van der Waals surface area contributed by atoms with Crippen LogP contribution in [0.1, 0.15) is 24.3 Å². The summed E-state index contributed by atoms with van der Waals surface area (Å²) in [5.74, 6) is -0.931. The second kappa shape index (κ2) is 5.81. The fourth-order valence-electron chi connectivity index (χ4n) is 2.02. The summed E-state index contributed by atoms with van der Waals surface area (Å²) in [7, 11) is 0. The van der Waals surface area contributed by atoms with Crippen LogP contribution in [0.4, 0.5) is 4.79 Å². The number of carbonyl (C=O) groups excluding carboxylic acids is 1. The minimum atomic E-state index is -0.931. The summed E-state index contributed by atoms with van der Waals surface area (Å²) in [6.07, 6.45) is 3.91. The summed E-state index contributed by atoms with van der Waals surface area (Å²) in [6.45, 7) is 0.847. The van der Waals surface area contributed by atoms with Crippen molar-refractivity contribution < 1.29 is 14.7 Å². The van der Waals surface area contributed by atoms with Gasteiger partial charge in [-0.25, -0.2) is 14.6 Å². The molecule has 2 amide bonds. The van der Waals surface area contributed by atoms with Crippen molar-refractivity contribution in [2.45, 2.75) is 31.8 Å². The van der Waals surface area contributed by atoms with Crippen LogP contribution in [0.5, 0.6) is 0 Å². The zero-order valence-electron chi connectivity index (χ0n) is 9.83. The van der Waals surface area contributed by atoms with Crippen molar-refractivity contribution in [1.82, 2.24) is 15.2 Å². The topological polar surface area (TPSA) is 82.5 Å². The average Bonchev–Trinajstić information content (AvgIpc) is 2.89. The van der Waals surface area contributed by atoms with Gasteiger partial charge in [-0.05, 0) is 19.3 Å². The number of amides is 2. The molecule has 0 radical (unpaired) electrons. The Morgan fingerprint density at radius 1 is 1.56 bits per heavy atom. The van der Waals surface area contributed by atoms with E-state index < -0.39 is 12.0 Å². The molecule has 1 aliphatic rings. The van der Waals surface area contributed by atoms with E-state index in [1.807, 2.05) is 5.38 Å². The highest BCUT2D eigenvalue weighted by Gasteiger charge is 2.31. The number of rotatable bonds is 3. The van der Waals surface area contributed by atoms with E-state index in [0.29, 0.717) is 19.5 Å². The lowest BCUT2D eigenvalue weighted by molar-refractivity contribution is -0.143. The maximum absolute atomic E-state index is 11.9. The number of hydrogen-bond acceptors (Lipinski definition) is 4. The van der Waals surface area contributed by atoms with Crippen LogP contribution >= 0.6 is 11.3 Å². The fraction of sp³-hybridized carbons (Fsp3) is 0.545. The largest absolute Gasteiger partial charge is 0.480 e. The second-order valence-electron chi connectivity index (χ2n) is 4.13. The van der Waals surface area contributed by atoms with Crippen LogP contribution in [0, 0.1) is 0 Å². The van der Waals surface area contributed by atoms with Crippen LogP contribution in [-0.4, -0.2) is 39.6 Å². The van der Waals surface area contributed by atoms with Gasteiger partial charge in [0.15, 0.2) is 0 Å². The highest BCUT2D eigenvalue weighted by Crippen LogP contribution is 2.17. The SMILES string of the molecule is O=C(O)C1CCCCN1C(=O)NCc1nccs1. The molecule has 98 valence electrons. The summed E-state index contributed by atoms with van der Waals surface area (Å²) >= 11 is 1.46. The first-order chi connectivity index (χ1) is 8.68. The summed E-state index contributed by atoms with van der Waals surface area (Å²) < 4.78 is 0. The van der Waals surface area contributed by atoms with Gasteiger partial charge in [0, 0.05) is 18.1 Å². The molecule has 1 aliphatic heterocycles. The molecule has 6 nitrogen and oxygen atoms in total. The Labute approximate surface area is 109 Å². The van der Waals surface area contributed by atoms with Crippen molar-refractivity contribution in [3.63, 3.8) is 0 Å². The minimum absolute atomic E-state index is 0.322. The van der Waals surface area contributed by atoms with Gasteiger partial charge in [0.2, 0.25) is 0 Å². The highest BCUT2D eigenvalue weighted by atomic mass is 32.1. The molecule has 1 saturated heterocycles. The van der Waals surface area contributed by atoms with Gasteiger partial charge in [-0.3, -0.25) is 0 Å². The third-order valence-electron chi connectivity index (χ3n) is 2.92. The number of carbonyl (C=O) groups is 2. The Balaban J connectivity index is 1.92. The molecule has 0 bridgehead atoms. The van der Waals surface area contributed by atoms with Crippen molar-refractivity contribution in [3.8, 4) is 0 Å². The monoisotopic (exact) mass is 269 g/mol. The van der Waals surface area contributed by atoms with Crippen molar-refractivity contribution in [2.75, 3.05) is 6.54 Å². The molecular weight excluding hydrogens is 254 g/mol.